The highest BCUT2D eigenvalue weighted by atomic mass is 19.1. The first-order valence-electron chi connectivity index (χ1n) is 11.8. The Labute approximate surface area is 202 Å². The van der Waals surface area contributed by atoms with Gasteiger partial charge >= 0.3 is 0 Å². The molecule has 2 aromatic carbocycles. The van der Waals surface area contributed by atoms with Crippen LogP contribution in [0.25, 0.3) is 22.0 Å². The van der Waals surface area contributed by atoms with Gasteiger partial charge in [0, 0.05) is 34.0 Å². The second-order valence-electron chi connectivity index (χ2n) is 8.83. The van der Waals surface area contributed by atoms with E-state index in [1.54, 1.807) is 47.6 Å². The lowest BCUT2D eigenvalue weighted by molar-refractivity contribution is -0.0167. The fourth-order valence-corrected chi connectivity index (χ4v) is 4.58. The maximum atomic E-state index is 13.8. The van der Waals surface area contributed by atoms with Crippen LogP contribution in [0, 0.1) is 12.7 Å². The quantitative estimate of drug-likeness (QED) is 0.407. The molecule has 1 aliphatic carbocycles. The molecule has 0 radical (unpaired) electrons. The number of carbonyl (C=O) groups excluding carboxylic acids is 1. The average Bonchev–Trinajstić information content (AvgIpc) is 3.35. The third-order valence-electron chi connectivity index (χ3n) is 6.63. The zero-order valence-corrected chi connectivity index (χ0v) is 19.7. The van der Waals surface area contributed by atoms with Gasteiger partial charge in [-0.25, -0.2) is 4.39 Å². The number of carbonyl (C=O) groups is 1. The van der Waals surface area contributed by atoms with E-state index in [4.69, 9.17) is 4.74 Å². The summed E-state index contributed by atoms with van der Waals surface area (Å²) in [5, 5.41) is 18.5. The molecule has 0 bridgehead atoms. The molecule has 180 valence electrons. The number of benzene rings is 2. The van der Waals surface area contributed by atoms with Crippen LogP contribution >= 0.6 is 0 Å². The van der Waals surface area contributed by atoms with E-state index < -0.39 is 6.10 Å². The summed E-state index contributed by atoms with van der Waals surface area (Å²) in [7, 11) is 0. The molecule has 5 rings (SSSR count). The van der Waals surface area contributed by atoms with Crippen LogP contribution in [0.4, 0.5) is 4.39 Å². The molecule has 4 aromatic rings. The number of aliphatic hydroxyl groups excluding tert-OH is 1. The molecule has 0 aliphatic heterocycles. The minimum Gasteiger partial charge on any atom is -0.493 e. The monoisotopic (exact) mass is 474 g/mol. The summed E-state index contributed by atoms with van der Waals surface area (Å²) < 4.78 is 19.7. The Morgan fingerprint density at radius 1 is 1.23 bits per heavy atom. The van der Waals surface area contributed by atoms with Crippen LogP contribution in [0.2, 0.25) is 0 Å². The molecule has 2 atom stereocenters. The van der Waals surface area contributed by atoms with Crippen LogP contribution in [-0.4, -0.2) is 49.8 Å². The Morgan fingerprint density at radius 3 is 2.80 bits per heavy atom. The summed E-state index contributed by atoms with van der Waals surface area (Å²) in [6.45, 7) is 4.45. The summed E-state index contributed by atoms with van der Waals surface area (Å²) in [5.41, 5.74) is 4.34. The number of H-pyrrole nitrogens is 1. The number of hydrogen-bond acceptors (Lipinski definition) is 5. The van der Waals surface area contributed by atoms with Gasteiger partial charge in [0.05, 0.1) is 37.0 Å². The summed E-state index contributed by atoms with van der Waals surface area (Å²) in [6.07, 6.45) is 4.28. The number of aromatic nitrogens is 3. The maximum absolute atomic E-state index is 13.8. The first-order valence-corrected chi connectivity index (χ1v) is 11.8. The zero-order chi connectivity index (χ0) is 24.5. The molecule has 7 nitrogen and oxygen atoms in total. The van der Waals surface area contributed by atoms with Gasteiger partial charge in [-0.15, -0.1) is 0 Å². The van der Waals surface area contributed by atoms with Crippen LogP contribution in [0.3, 0.4) is 0 Å². The second kappa shape index (κ2) is 9.46. The number of aliphatic hydroxyl groups is 1. The van der Waals surface area contributed by atoms with Crippen molar-refractivity contribution in [2.24, 2.45) is 0 Å². The number of ether oxygens (including phenoxy) is 1. The number of nitrogens with zero attached hydrogens (tertiary/aromatic N) is 3. The Hall–Kier alpha value is -3.78. The highest BCUT2D eigenvalue weighted by Crippen LogP contribution is 2.34. The van der Waals surface area contributed by atoms with Crippen molar-refractivity contribution in [3.8, 4) is 16.9 Å². The van der Waals surface area contributed by atoms with Crippen molar-refractivity contribution in [3.05, 3.63) is 77.5 Å². The van der Waals surface area contributed by atoms with Crippen LogP contribution in [0.5, 0.6) is 5.75 Å². The van der Waals surface area contributed by atoms with E-state index in [-0.39, 0.29) is 24.3 Å². The minimum absolute atomic E-state index is 0.214. The molecule has 0 unspecified atom stereocenters. The number of pyridine rings is 1. The fraction of sp³-hybridized carbons (Fsp3) is 0.296. The molecule has 1 amide bonds. The number of amides is 1. The van der Waals surface area contributed by atoms with E-state index in [1.807, 2.05) is 13.8 Å². The number of aryl methyl sites for hydroxylation is 1. The van der Waals surface area contributed by atoms with Gasteiger partial charge in [0.15, 0.2) is 0 Å². The predicted molar refractivity (Wildman–Crippen MR) is 131 cm³/mol. The number of aromatic amines is 1. The first kappa shape index (κ1) is 23.0. The van der Waals surface area contributed by atoms with Crippen LogP contribution in [0.15, 0.2) is 54.9 Å². The number of rotatable bonds is 7. The van der Waals surface area contributed by atoms with E-state index in [9.17, 15) is 14.3 Å². The van der Waals surface area contributed by atoms with Crippen LogP contribution < -0.4 is 4.74 Å². The SMILES string of the molecule is CCOc1cc(C(=O)N(Cc2cnc(C)c3cn[nH]c23)[C@H]2CC[C@@H]2O)ccc1-c1cccc(F)c1. The lowest BCUT2D eigenvalue weighted by Crippen LogP contribution is -2.52. The first-order chi connectivity index (χ1) is 17.0. The van der Waals surface area contributed by atoms with Gasteiger partial charge in [-0.3, -0.25) is 14.9 Å². The van der Waals surface area contributed by atoms with Gasteiger partial charge in [0.2, 0.25) is 0 Å². The van der Waals surface area contributed by atoms with E-state index in [0.717, 1.165) is 28.6 Å². The molecule has 2 aromatic heterocycles. The Bertz CT molecular complexity index is 1390. The molecule has 1 fully saturated rings. The molecule has 8 heteroatoms. The molecule has 0 spiro atoms. The highest BCUT2D eigenvalue weighted by Gasteiger charge is 2.37. The summed E-state index contributed by atoms with van der Waals surface area (Å²) >= 11 is 0. The lowest BCUT2D eigenvalue weighted by Gasteiger charge is -2.41. The lowest BCUT2D eigenvalue weighted by atomic mass is 9.87. The summed E-state index contributed by atoms with van der Waals surface area (Å²) in [4.78, 5) is 20.0. The molecular formula is C27H27FN4O3. The van der Waals surface area contributed by atoms with Crippen molar-refractivity contribution in [3.63, 3.8) is 0 Å². The van der Waals surface area contributed by atoms with Crippen molar-refractivity contribution < 1.29 is 19.0 Å². The Balaban J connectivity index is 1.51. The van der Waals surface area contributed by atoms with E-state index in [1.165, 1.54) is 12.1 Å². The van der Waals surface area contributed by atoms with E-state index in [0.29, 0.717) is 35.5 Å². The fourth-order valence-electron chi connectivity index (χ4n) is 4.58. The van der Waals surface area contributed by atoms with E-state index in [2.05, 4.69) is 15.2 Å². The average molecular weight is 475 g/mol. The topological polar surface area (TPSA) is 91.3 Å². The molecule has 0 saturated heterocycles. The molecule has 2 N–H and O–H groups in total. The molecular weight excluding hydrogens is 447 g/mol. The Kier molecular flexibility index (Phi) is 6.21. The van der Waals surface area contributed by atoms with Gasteiger partial charge in [0.25, 0.3) is 5.91 Å². The van der Waals surface area contributed by atoms with Crippen molar-refractivity contribution in [2.45, 2.75) is 45.4 Å². The third-order valence-corrected chi connectivity index (χ3v) is 6.63. The van der Waals surface area contributed by atoms with Crippen molar-refractivity contribution in [1.29, 1.82) is 0 Å². The number of halogens is 1. The maximum Gasteiger partial charge on any atom is 0.254 e. The highest BCUT2D eigenvalue weighted by molar-refractivity contribution is 5.96. The zero-order valence-electron chi connectivity index (χ0n) is 19.7. The number of fused-ring (bicyclic) bond motifs is 1. The smallest absolute Gasteiger partial charge is 0.254 e. The number of nitrogens with one attached hydrogen (secondary N) is 1. The van der Waals surface area contributed by atoms with Gasteiger partial charge in [-0.2, -0.15) is 5.10 Å². The minimum atomic E-state index is -0.576. The number of hydrogen-bond donors (Lipinski definition) is 2. The van der Waals surface area contributed by atoms with E-state index >= 15 is 0 Å². The predicted octanol–water partition coefficient (Wildman–Crippen LogP) is 4.64. The second-order valence-corrected chi connectivity index (χ2v) is 8.83. The van der Waals surface area contributed by atoms with Crippen molar-refractivity contribution in [1.82, 2.24) is 20.1 Å². The summed E-state index contributed by atoms with van der Waals surface area (Å²) in [5.74, 6) is -0.0492. The van der Waals surface area contributed by atoms with Gasteiger partial charge in [-0.05, 0) is 62.6 Å². The molecule has 35 heavy (non-hydrogen) atoms. The molecule has 1 aliphatic rings. The van der Waals surface area contributed by atoms with Crippen LogP contribution in [0.1, 0.15) is 41.4 Å². The third kappa shape index (κ3) is 4.37. The van der Waals surface area contributed by atoms with Gasteiger partial charge in [0.1, 0.15) is 11.6 Å². The molecule has 2 heterocycles. The van der Waals surface area contributed by atoms with Crippen LogP contribution in [-0.2, 0) is 6.54 Å². The van der Waals surface area contributed by atoms with Crippen molar-refractivity contribution in [2.75, 3.05) is 6.61 Å². The molecule has 1 saturated carbocycles. The van der Waals surface area contributed by atoms with Gasteiger partial charge in [-0.1, -0.05) is 12.1 Å². The standard InChI is InChI=1S/C27H27FN4O3/c1-3-35-25-12-18(7-8-21(25)17-5-4-6-20(28)11-17)27(34)32(23-9-10-24(23)33)15-19-13-29-16(2)22-14-30-31-26(19)22/h4-8,11-14,23-24,33H,3,9-10,15H2,1-2H3,(H,30,31)/t23-,24-/m0/s1. The Morgan fingerprint density at radius 2 is 2.09 bits per heavy atom. The largest absolute Gasteiger partial charge is 0.493 e. The normalized spacial score (nSPS) is 17.3. The van der Waals surface area contributed by atoms with Gasteiger partial charge < -0.3 is 14.7 Å². The summed E-state index contributed by atoms with van der Waals surface area (Å²) in [6, 6.07) is 11.2. The van der Waals surface area contributed by atoms with Crippen molar-refractivity contribution >= 4 is 16.8 Å².